The molecule has 92 valence electrons. The first-order valence-electron chi connectivity index (χ1n) is 5.97. The molecule has 0 fully saturated rings. The minimum Gasteiger partial charge on any atom is -0.465 e. The normalized spacial score (nSPS) is 11.2. The number of furan rings is 1. The van der Waals surface area contributed by atoms with E-state index >= 15 is 0 Å². The van der Waals surface area contributed by atoms with Crippen molar-refractivity contribution in [3.63, 3.8) is 0 Å². The van der Waals surface area contributed by atoms with Gasteiger partial charge < -0.3 is 10.2 Å². The molecule has 0 aliphatic carbocycles. The molecule has 4 heteroatoms. The maximum atomic E-state index is 5.58. The Morgan fingerprint density at radius 3 is 2.94 bits per heavy atom. The van der Waals surface area contributed by atoms with Crippen LogP contribution in [0.1, 0.15) is 17.1 Å². The van der Waals surface area contributed by atoms with Crippen molar-refractivity contribution in [2.45, 2.75) is 20.0 Å². The quantitative estimate of drug-likeness (QED) is 0.766. The molecule has 0 atom stereocenters. The van der Waals surface area contributed by atoms with Gasteiger partial charge in [0, 0.05) is 10.9 Å². The molecule has 4 nitrogen and oxygen atoms in total. The predicted octanol–water partition coefficient (Wildman–Crippen LogP) is 2.44. The minimum atomic E-state index is 0.431. The number of para-hydroxylation sites is 1. The molecule has 0 bridgehead atoms. The van der Waals surface area contributed by atoms with Gasteiger partial charge >= 0.3 is 0 Å². The van der Waals surface area contributed by atoms with E-state index in [1.165, 1.54) is 0 Å². The molecular weight excluding hydrogens is 226 g/mol. The van der Waals surface area contributed by atoms with Crippen LogP contribution in [0, 0.1) is 6.92 Å². The lowest BCUT2D eigenvalue weighted by Crippen LogP contribution is -2.01. The van der Waals surface area contributed by atoms with Crippen molar-refractivity contribution in [1.82, 2.24) is 9.78 Å². The molecule has 3 rings (SSSR count). The monoisotopic (exact) mass is 241 g/mol. The van der Waals surface area contributed by atoms with Crippen LogP contribution in [0.2, 0.25) is 0 Å². The van der Waals surface area contributed by atoms with Crippen LogP contribution in [0.15, 0.2) is 40.9 Å². The van der Waals surface area contributed by atoms with E-state index in [0.29, 0.717) is 13.1 Å². The number of aryl methyl sites for hydroxylation is 1. The molecule has 2 heterocycles. The molecule has 2 N–H and O–H groups in total. The summed E-state index contributed by atoms with van der Waals surface area (Å²) in [5.74, 6) is 1.73. The van der Waals surface area contributed by atoms with E-state index in [9.17, 15) is 0 Å². The highest BCUT2D eigenvalue weighted by Crippen LogP contribution is 2.18. The number of benzene rings is 1. The molecule has 0 saturated heterocycles. The SMILES string of the molecule is Cc1oc(CN)cc1Cn1ncc2ccccc21. The lowest BCUT2D eigenvalue weighted by atomic mass is 10.2. The van der Waals surface area contributed by atoms with E-state index in [1.807, 2.05) is 36.0 Å². The van der Waals surface area contributed by atoms with Crippen LogP contribution in [0.5, 0.6) is 0 Å². The van der Waals surface area contributed by atoms with Crippen molar-refractivity contribution in [3.8, 4) is 0 Å². The Hall–Kier alpha value is -2.07. The van der Waals surface area contributed by atoms with Gasteiger partial charge in [0.1, 0.15) is 11.5 Å². The first-order chi connectivity index (χ1) is 8.78. The molecule has 0 aliphatic rings. The second-order valence-corrected chi connectivity index (χ2v) is 4.36. The molecule has 0 saturated carbocycles. The number of hydrogen-bond donors (Lipinski definition) is 1. The van der Waals surface area contributed by atoms with E-state index in [0.717, 1.165) is 28.0 Å². The predicted molar refractivity (Wildman–Crippen MR) is 70.2 cm³/mol. The molecule has 0 spiro atoms. The number of fused-ring (bicyclic) bond motifs is 1. The van der Waals surface area contributed by atoms with E-state index < -0.39 is 0 Å². The average Bonchev–Trinajstić information content (AvgIpc) is 2.95. The first-order valence-corrected chi connectivity index (χ1v) is 5.97. The van der Waals surface area contributed by atoms with Crippen molar-refractivity contribution in [3.05, 3.63) is 53.6 Å². The highest BCUT2D eigenvalue weighted by molar-refractivity contribution is 5.78. The maximum Gasteiger partial charge on any atom is 0.118 e. The summed E-state index contributed by atoms with van der Waals surface area (Å²) in [6, 6.07) is 10.2. The molecule has 0 amide bonds. The second-order valence-electron chi connectivity index (χ2n) is 4.36. The molecule has 0 aliphatic heterocycles. The van der Waals surface area contributed by atoms with Gasteiger partial charge in [0.05, 0.1) is 24.8 Å². The van der Waals surface area contributed by atoms with Crippen LogP contribution in [0.3, 0.4) is 0 Å². The first kappa shape index (κ1) is 11.0. The Kier molecular flexibility index (Phi) is 2.64. The van der Waals surface area contributed by atoms with Crippen LogP contribution < -0.4 is 5.73 Å². The summed E-state index contributed by atoms with van der Waals surface area (Å²) < 4.78 is 7.54. The number of aromatic nitrogens is 2. The van der Waals surface area contributed by atoms with Crippen molar-refractivity contribution >= 4 is 10.9 Å². The lowest BCUT2D eigenvalue weighted by Gasteiger charge is -2.02. The summed E-state index contributed by atoms with van der Waals surface area (Å²) in [6.07, 6.45) is 1.88. The zero-order valence-corrected chi connectivity index (χ0v) is 10.3. The van der Waals surface area contributed by atoms with Gasteiger partial charge in [-0.3, -0.25) is 4.68 Å². The topological polar surface area (TPSA) is 57.0 Å². The maximum absolute atomic E-state index is 5.58. The molecule has 0 radical (unpaired) electrons. The van der Waals surface area contributed by atoms with Crippen LogP contribution in [-0.2, 0) is 13.1 Å². The average molecular weight is 241 g/mol. The summed E-state index contributed by atoms with van der Waals surface area (Å²) in [4.78, 5) is 0. The Labute approximate surface area is 105 Å². The summed E-state index contributed by atoms with van der Waals surface area (Å²) in [6.45, 7) is 3.10. The smallest absolute Gasteiger partial charge is 0.118 e. The van der Waals surface area contributed by atoms with Crippen LogP contribution in [-0.4, -0.2) is 9.78 Å². The van der Waals surface area contributed by atoms with Crippen molar-refractivity contribution in [2.75, 3.05) is 0 Å². The molecular formula is C14H15N3O. The van der Waals surface area contributed by atoms with Crippen LogP contribution in [0.25, 0.3) is 10.9 Å². The molecule has 18 heavy (non-hydrogen) atoms. The van der Waals surface area contributed by atoms with Gasteiger partial charge in [0.25, 0.3) is 0 Å². The second kappa shape index (κ2) is 4.31. The van der Waals surface area contributed by atoms with Gasteiger partial charge in [-0.05, 0) is 19.1 Å². The van der Waals surface area contributed by atoms with Gasteiger partial charge in [-0.25, -0.2) is 0 Å². The molecule has 1 aromatic carbocycles. The summed E-state index contributed by atoms with van der Waals surface area (Å²) >= 11 is 0. The number of rotatable bonds is 3. The molecule has 0 unspecified atom stereocenters. The molecule has 3 aromatic rings. The van der Waals surface area contributed by atoms with Gasteiger partial charge in [0.2, 0.25) is 0 Å². The zero-order chi connectivity index (χ0) is 12.5. The van der Waals surface area contributed by atoms with Gasteiger partial charge in [-0.2, -0.15) is 5.10 Å². The summed E-state index contributed by atoms with van der Waals surface area (Å²) in [5.41, 5.74) is 7.84. The largest absolute Gasteiger partial charge is 0.465 e. The van der Waals surface area contributed by atoms with E-state index in [1.54, 1.807) is 0 Å². The number of hydrogen-bond acceptors (Lipinski definition) is 3. The van der Waals surface area contributed by atoms with Crippen molar-refractivity contribution < 1.29 is 4.42 Å². The zero-order valence-electron chi connectivity index (χ0n) is 10.3. The van der Waals surface area contributed by atoms with Crippen LogP contribution in [0.4, 0.5) is 0 Å². The fourth-order valence-corrected chi connectivity index (χ4v) is 2.16. The Morgan fingerprint density at radius 2 is 2.17 bits per heavy atom. The van der Waals surface area contributed by atoms with Crippen molar-refractivity contribution in [2.24, 2.45) is 5.73 Å². The van der Waals surface area contributed by atoms with E-state index in [-0.39, 0.29) is 0 Å². The third kappa shape index (κ3) is 1.80. The fourth-order valence-electron chi connectivity index (χ4n) is 2.16. The van der Waals surface area contributed by atoms with Gasteiger partial charge in [-0.1, -0.05) is 18.2 Å². The highest BCUT2D eigenvalue weighted by atomic mass is 16.3. The Bertz CT molecular complexity index is 681. The van der Waals surface area contributed by atoms with Crippen molar-refractivity contribution in [1.29, 1.82) is 0 Å². The summed E-state index contributed by atoms with van der Waals surface area (Å²) in [7, 11) is 0. The number of nitrogens with two attached hydrogens (primary N) is 1. The highest BCUT2D eigenvalue weighted by Gasteiger charge is 2.09. The number of nitrogens with zero attached hydrogens (tertiary/aromatic N) is 2. The Morgan fingerprint density at radius 1 is 1.33 bits per heavy atom. The fraction of sp³-hybridized carbons (Fsp3) is 0.214. The van der Waals surface area contributed by atoms with Crippen LogP contribution >= 0.6 is 0 Å². The van der Waals surface area contributed by atoms with Gasteiger partial charge in [-0.15, -0.1) is 0 Å². The summed E-state index contributed by atoms with van der Waals surface area (Å²) in [5, 5.41) is 5.56. The third-order valence-corrected chi connectivity index (χ3v) is 3.14. The third-order valence-electron chi connectivity index (χ3n) is 3.14. The Balaban J connectivity index is 1.98. The standard InChI is InChI=1S/C14H15N3O/c1-10-12(6-13(7-15)18-10)9-17-14-5-3-2-4-11(14)8-16-17/h2-6,8H,7,9,15H2,1H3. The van der Waals surface area contributed by atoms with Gasteiger partial charge in [0.15, 0.2) is 0 Å². The minimum absolute atomic E-state index is 0.431. The lowest BCUT2D eigenvalue weighted by molar-refractivity contribution is 0.481. The van der Waals surface area contributed by atoms with E-state index in [4.69, 9.17) is 10.2 Å². The molecule has 2 aromatic heterocycles. The van der Waals surface area contributed by atoms with E-state index in [2.05, 4.69) is 17.2 Å².